The number of nitrogen functional groups attached to an aromatic ring is 1. The molecule has 0 aliphatic heterocycles. The molecule has 0 aliphatic rings. The van der Waals surface area contributed by atoms with Gasteiger partial charge in [-0.1, -0.05) is 6.92 Å². The SMILES string of the molecule is CC(CN)CSCc1ccoc1C(=O)NN. The average molecular weight is 243 g/mol. The molecule has 0 bridgehead atoms. The molecule has 5 N–H and O–H groups in total. The summed E-state index contributed by atoms with van der Waals surface area (Å²) in [6.45, 7) is 2.77. The van der Waals surface area contributed by atoms with Crippen LogP contribution in [0.4, 0.5) is 0 Å². The number of hydrogen-bond acceptors (Lipinski definition) is 5. The Morgan fingerprint density at radius 3 is 3.06 bits per heavy atom. The fraction of sp³-hybridized carbons (Fsp3) is 0.500. The van der Waals surface area contributed by atoms with Gasteiger partial charge >= 0.3 is 5.91 Å². The van der Waals surface area contributed by atoms with Crippen LogP contribution >= 0.6 is 11.8 Å². The van der Waals surface area contributed by atoms with Gasteiger partial charge in [-0.05, 0) is 24.3 Å². The fourth-order valence-electron chi connectivity index (χ4n) is 1.15. The number of carbonyl (C=O) groups excluding carboxylic acids is 1. The minimum absolute atomic E-state index is 0.287. The molecule has 1 aromatic heterocycles. The van der Waals surface area contributed by atoms with E-state index in [0.29, 0.717) is 12.5 Å². The molecular weight excluding hydrogens is 226 g/mol. The Kier molecular flexibility index (Phi) is 5.37. The average Bonchev–Trinajstić information content (AvgIpc) is 2.76. The van der Waals surface area contributed by atoms with Crippen molar-refractivity contribution in [2.45, 2.75) is 12.7 Å². The smallest absolute Gasteiger partial charge is 0.301 e. The lowest BCUT2D eigenvalue weighted by Crippen LogP contribution is -2.30. The Balaban J connectivity index is 2.48. The maximum atomic E-state index is 11.3. The van der Waals surface area contributed by atoms with Crippen molar-refractivity contribution in [1.29, 1.82) is 0 Å². The predicted molar refractivity (Wildman–Crippen MR) is 64.7 cm³/mol. The molecule has 0 saturated carbocycles. The number of amides is 1. The highest BCUT2D eigenvalue weighted by molar-refractivity contribution is 7.98. The van der Waals surface area contributed by atoms with Crippen molar-refractivity contribution in [2.24, 2.45) is 17.5 Å². The third-order valence-electron chi connectivity index (χ3n) is 2.15. The number of rotatable bonds is 6. The Hall–Kier alpha value is -0.980. The van der Waals surface area contributed by atoms with E-state index in [1.807, 2.05) is 0 Å². The summed E-state index contributed by atoms with van der Waals surface area (Å²) in [6, 6.07) is 1.78. The van der Waals surface area contributed by atoms with Crippen molar-refractivity contribution in [2.75, 3.05) is 12.3 Å². The molecule has 90 valence electrons. The van der Waals surface area contributed by atoms with Crippen molar-refractivity contribution >= 4 is 17.7 Å². The molecule has 0 aliphatic carbocycles. The molecule has 0 radical (unpaired) electrons. The van der Waals surface area contributed by atoms with Crippen LogP contribution in [0.1, 0.15) is 23.0 Å². The molecule has 6 heteroatoms. The number of thioether (sulfide) groups is 1. The normalized spacial score (nSPS) is 12.4. The van der Waals surface area contributed by atoms with E-state index in [1.165, 1.54) is 6.26 Å². The first-order chi connectivity index (χ1) is 7.69. The minimum Gasteiger partial charge on any atom is -0.459 e. The van der Waals surface area contributed by atoms with Crippen LogP contribution in [0.2, 0.25) is 0 Å². The summed E-state index contributed by atoms with van der Waals surface area (Å²) in [5.41, 5.74) is 8.43. The van der Waals surface area contributed by atoms with Crippen LogP contribution in [-0.4, -0.2) is 18.2 Å². The van der Waals surface area contributed by atoms with E-state index in [1.54, 1.807) is 17.8 Å². The molecule has 0 spiro atoms. The molecule has 0 saturated heterocycles. The van der Waals surface area contributed by atoms with Crippen molar-refractivity contribution < 1.29 is 9.21 Å². The van der Waals surface area contributed by atoms with Crippen molar-refractivity contribution in [3.8, 4) is 0 Å². The summed E-state index contributed by atoms with van der Waals surface area (Å²) in [4.78, 5) is 11.3. The van der Waals surface area contributed by atoms with Crippen LogP contribution < -0.4 is 17.0 Å². The Bertz CT molecular complexity index is 341. The van der Waals surface area contributed by atoms with Crippen molar-refractivity contribution in [3.05, 3.63) is 23.7 Å². The van der Waals surface area contributed by atoms with Crippen molar-refractivity contribution in [3.63, 3.8) is 0 Å². The Morgan fingerprint density at radius 2 is 2.44 bits per heavy atom. The van der Waals surface area contributed by atoms with E-state index in [-0.39, 0.29) is 5.76 Å². The Labute approximate surface area is 98.9 Å². The molecule has 1 amide bonds. The van der Waals surface area contributed by atoms with Gasteiger partial charge in [-0.3, -0.25) is 10.2 Å². The third kappa shape index (κ3) is 3.55. The van der Waals surface area contributed by atoms with E-state index in [9.17, 15) is 4.79 Å². The highest BCUT2D eigenvalue weighted by atomic mass is 32.2. The molecule has 5 nitrogen and oxygen atoms in total. The first-order valence-corrected chi connectivity index (χ1v) is 6.19. The van der Waals surface area contributed by atoms with Crippen LogP contribution in [0.5, 0.6) is 0 Å². The lowest BCUT2D eigenvalue weighted by molar-refractivity contribution is 0.0925. The molecular formula is C10H17N3O2S. The monoisotopic (exact) mass is 243 g/mol. The van der Waals surface area contributed by atoms with Gasteiger partial charge in [0.2, 0.25) is 0 Å². The van der Waals surface area contributed by atoms with Crippen molar-refractivity contribution in [1.82, 2.24) is 5.43 Å². The molecule has 1 aromatic rings. The number of nitrogens with one attached hydrogen (secondary N) is 1. The number of hydrogen-bond donors (Lipinski definition) is 3. The first kappa shape index (κ1) is 13.1. The second-order valence-electron chi connectivity index (χ2n) is 3.60. The van der Waals surface area contributed by atoms with E-state index < -0.39 is 5.91 Å². The highest BCUT2D eigenvalue weighted by Gasteiger charge is 2.14. The maximum Gasteiger partial charge on any atom is 0.301 e. The zero-order valence-corrected chi connectivity index (χ0v) is 10.0. The zero-order chi connectivity index (χ0) is 12.0. The fourth-order valence-corrected chi connectivity index (χ4v) is 2.26. The second-order valence-corrected chi connectivity index (χ2v) is 4.63. The van der Waals surface area contributed by atoms with Crippen LogP contribution in [0.3, 0.4) is 0 Å². The summed E-state index contributed by atoms with van der Waals surface area (Å²) in [6.07, 6.45) is 1.49. The van der Waals surface area contributed by atoms with Gasteiger partial charge in [-0.2, -0.15) is 11.8 Å². The number of carbonyl (C=O) groups is 1. The quantitative estimate of drug-likeness (QED) is 0.388. The number of nitrogens with two attached hydrogens (primary N) is 2. The number of furan rings is 1. The van der Waals surface area contributed by atoms with Crippen LogP contribution in [-0.2, 0) is 5.75 Å². The zero-order valence-electron chi connectivity index (χ0n) is 9.23. The lowest BCUT2D eigenvalue weighted by Gasteiger charge is -2.07. The molecule has 1 heterocycles. The van der Waals surface area contributed by atoms with Gasteiger partial charge in [-0.25, -0.2) is 5.84 Å². The van der Waals surface area contributed by atoms with E-state index in [0.717, 1.165) is 17.1 Å². The van der Waals surface area contributed by atoms with Crippen LogP contribution in [0, 0.1) is 5.92 Å². The first-order valence-electron chi connectivity index (χ1n) is 5.04. The molecule has 0 fully saturated rings. The summed E-state index contributed by atoms with van der Waals surface area (Å²) in [5, 5.41) is 0. The van der Waals surface area contributed by atoms with E-state index in [4.69, 9.17) is 16.0 Å². The molecule has 0 aromatic carbocycles. The molecule has 1 atom stereocenters. The van der Waals surface area contributed by atoms with Gasteiger partial charge in [0.15, 0.2) is 5.76 Å². The van der Waals surface area contributed by atoms with Gasteiger partial charge in [-0.15, -0.1) is 0 Å². The van der Waals surface area contributed by atoms with Gasteiger partial charge < -0.3 is 10.2 Å². The van der Waals surface area contributed by atoms with Crippen LogP contribution in [0.15, 0.2) is 16.7 Å². The highest BCUT2D eigenvalue weighted by Crippen LogP contribution is 2.19. The lowest BCUT2D eigenvalue weighted by atomic mass is 10.2. The number of hydrazine groups is 1. The molecule has 1 rings (SSSR count). The van der Waals surface area contributed by atoms with E-state index >= 15 is 0 Å². The summed E-state index contributed by atoms with van der Waals surface area (Å²) >= 11 is 1.72. The van der Waals surface area contributed by atoms with E-state index in [2.05, 4.69) is 12.3 Å². The summed E-state index contributed by atoms with van der Waals surface area (Å²) in [5.74, 6) is 7.10. The predicted octanol–water partition coefficient (Wildman–Crippen LogP) is 0.711. The molecule has 1 unspecified atom stereocenters. The van der Waals surface area contributed by atoms with Gasteiger partial charge in [0.1, 0.15) is 0 Å². The summed E-state index contributed by atoms with van der Waals surface area (Å²) < 4.78 is 5.07. The topological polar surface area (TPSA) is 94.3 Å². The molecule has 16 heavy (non-hydrogen) atoms. The maximum absolute atomic E-state index is 11.3. The second kappa shape index (κ2) is 6.57. The van der Waals surface area contributed by atoms with Gasteiger partial charge in [0.25, 0.3) is 0 Å². The van der Waals surface area contributed by atoms with Gasteiger partial charge in [0, 0.05) is 11.3 Å². The summed E-state index contributed by atoms with van der Waals surface area (Å²) in [7, 11) is 0. The third-order valence-corrected chi connectivity index (χ3v) is 3.47. The standard InChI is InChI=1S/C10H17N3O2S/c1-7(4-11)5-16-6-8-2-3-15-9(8)10(14)13-12/h2-3,7H,4-6,11-12H2,1H3,(H,13,14). The minimum atomic E-state index is -0.396. The van der Waals surface area contributed by atoms with Gasteiger partial charge in [0.05, 0.1) is 6.26 Å². The Morgan fingerprint density at radius 1 is 1.69 bits per heavy atom. The largest absolute Gasteiger partial charge is 0.459 e. The van der Waals surface area contributed by atoms with Crippen LogP contribution in [0.25, 0.3) is 0 Å².